The summed E-state index contributed by atoms with van der Waals surface area (Å²) in [6.07, 6.45) is 0.490. The van der Waals surface area contributed by atoms with Crippen molar-refractivity contribution >= 4 is 5.78 Å². The van der Waals surface area contributed by atoms with Crippen LogP contribution in [0.25, 0.3) is 0 Å². The predicted octanol–water partition coefficient (Wildman–Crippen LogP) is 1.67. The molecule has 0 bridgehead atoms. The van der Waals surface area contributed by atoms with Crippen LogP contribution in [-0.2, 0) is 19.0 Å². The van der Waals surface area contributed by atoms with Crippen LogP contribution < -0.4 is 0 Å². The van der Waals surface area contributed by atoms with Crippen molar-refractivity contribution in [3.63, 3.8) is 0 Å². The van der Waals surface area contributed by atoms with Crippen LogP contribution in [0.5, 0.6) is 0 Å². The maximum Gasteiger partial charge on any atom is 0.132 e. The summed E-state index contributed by atoms with van der Waals surface area (Å²) < 4.78 is 14.3. The third-order valence-corrected chi connectivity index (χ3v) is 1.72. The molecule has 0 saturated carbocycles. The smallest absolute Gasteiger partial charge is 0.132 e. The summed E-state index contributed by atoms with van der Waals surface area (Å²) in [5.74, 6) is 0.168. The molecular weight excluding hydrogens is 196 g/mol. The first-order valence-electron chi connectivity index (χ1n) is 4.92. The van der Waals surface area contributed by atoms with E-state index in [1.165, 1.54) is 0 Å². The van der Waals surface area contributed by atoms with Gasteiger partial charge in [-0.1, -0.05) is 0 Å². The van der Waals surface area contributed by atoms with E-state index in [1.54, 1.807) is 28.3 Å². The number of hydrogen-bond donors (Lipinski definition) is 0. The molecule has 0 aromatic heterocycles. The lowest BCUT2D eigenvalue weighted by Gasteiger charge is -2.20. The second-order valence-corrected chi connectivity index (χ2v) is 3.83. The minimum atomic E-state index is -0.286. The Morgan fingerprint density at radius 2 is 1.47 bits per heavy atom. The molecule has 0 radical (unpaired) electrons. The molecule has 0 unspecified atom stereocenters. The number of ketones is 1. The van der Waals surface area contributed by atoms with Crippen LogP contribution in [0.4, 0.5) is 0 Å². The molecule has 92 valence electrons. The average molecular weight is 220 g/mol. The van der Waals surface area contributed by atoms with Gasteiger partial charge in [0.05, 0.1) is 18.8 Å². The molecule has 0 rings (SSSR count). The Morgan fingerprint density at radius 3 is 1.60 bits per heavy atom. The van der Waals surface area contributed by atoms with Gasteiger partial charge in [0, 0.05) is 27.8 Å². The number of methoxy groups -OCH3 is 3. The molecule has 15 heavy (non-hydrogen) atoms. The van der Waals surface area contributed by atoms with E-state index in [4.69, 9.17) is 4.74 Å². The van der Waals surface area contributed by atoms with E-state index in [0.29, 0.717) is 19.6 Å². The Morgan fingerprint density at radius 1 is 1.07 bits per heavy atom. The van der Waals surface area contributed by atoms with Crippen molar-refractivity contribution in [3.05, 3.63) is 0 Å². The van der Waals surface area contributed by atoms with Crippen molar-refractivity contribution in [1.82, 2.24) is 0 Å². The zero-order chi connectivity index (χ0) is 12.3. The fourth-order valence-electron chi connectivity index (χ4n) is 0.838. The van der Waals surface area contributed by atoms with Crippen LogP contribution >= 0.6 is 0 Å². The lowest BCUT2D eigenvalue weighted by atomic mass is 10.0. The molecule has 0 spiro atoms. The molecule has 0 fully saturated rings. The highest BCUT2D eigenvalue weighted by Crippen LogP contribution is 2.12. The Balaban J connectivity index is 0. The number of hydrogen-bond acceptors (Lipinski definition) is 4. The Hall–Kier alpha value is -0.450. The van der Waals surface area contributed by atoms with Gasteiger partial charge in [0.15, 0.2) is 0 Å². The van der Waals surface area contributed by atoms with E-state index < -0.39 is 0 Å². The first-order chi connectivity index (χ1) is 6.89. The molecule has 0 aliphatic carbocycles. The lowest BCUT2D eigenvalue weighted by molar-refractivity contribution is -0.121. The molecule has 0 aliphatic heterocycles. The summed E-state index contributed by atoms with van der Waals surface area (Å²) in [5, 5.41) is 0. The van der Waals surface area contributed by atoms with E-state index >= 15 is 0 Å². The normalized spacial score (nSPS) is 10.5. The highest BCUT2D eigenvalue weighted by atomic mass is 16.5. The first kappa shape index (κ1) is 17.0. The molecule has 0 aliphatic rings. The monoisotopic (exact) mass is 220 g/mol. The minimum absolute atomic E-state index is 0.168. The molecule has 0 saturated heterocycles. The molecule has 0 aromatic carbocycles. The SMILES string of the molecule is COC(C)(C)CC(C)=O.COCCOC. The minimum Gasteiger partial charge on any atom is -0.382 e. The van der Waals surface area contributed by atoms with Gasteiger partial charge in [-0.3, -0.25) is 4.79 Å². The molecule has 0 N–H and O–H groups in total. The van der Waals surface area contributed by atoms with E-state index in [-0.39, 0.29) is 11.4 Å². The van der Waals surface area contributed by atoms with E-state index in [0.717, 1.165) is 0 Å². The van der Waals surface area contributed by atoms with Gasteiger partial charge in [0.25, 0.3) is 0 Å². The van der Waals surface area contributed by atoms with Gasteiger partial charge < -0.3 is 14.2 Å². The highest BCUT2D eigenvalue weighted by Gasteiger charge is 2.17. The first-order valence-corrected chi connectivity index (χ1v) is 4.92. The molecule has 0 atom stereocenters. The second-order valence-electron chi connectivity index (χ2n) is 3.83. The van der Waals surface area contributed by atoms with E-state index in [9.17, 15) is 4.79 Å². The summed E-state index contributed by atoms with van der Waals surface area (Å²) in [5.41, 5.74) is -0.286. The third kappa shape index (κ3) is 16.2. The summed E-state index contributed by atoms with van der Waals surface area (Å²) in [4.78, 5) is 10.5. The number of carbonyl (C=O) groups excluding carboxylic acids is 1. The van der Waals surface area contributed by atoms with Crippen LogP contribution in [0.15, 0.2) is 0 Å². The van der Waals surface area contributed by atoms with Gasteiger partial charge in [-0.15, -0.1) is 0 Å². The number of rotatable bonds is 6. The lowest BCUT2D eigenvalue weighted by Crippen LogP contribution is -2.25. The van der Waals surface area contributed by atoms with Crippen LogP contribution in [0.2, 0.25) is 0 Å². The van der Waals surface area contributed by atoms with Gasteiger partial charge >= 0.3 is 0 Å². The summed E-state index contributed by atoms with van der Waals surface area (Å²) in [6.45, 7) is 6.75. The quantitative estimate of drug-likeness (QED) is 0.639. The van der Waals surface area contributed by atoms with Gasteiger partial charge in [-0.05, 0) is 20.8 Å². The largest absolute Gasteiger partial charge is 0.382 e. The molecular formula is C11H24O4. The van der Waals surface area contributed by atoms with Crippen LogP contribution in [0.3, 0.4) is 0 Å². The molecule has 4 heteroatoms. The van der Waals surface area contributed by atoms with Crippen LogP contribution in [-0.4, -0.2) is 45.9 Å². The maximum absolute atomic E-state index is 10.5. The van der Waals surface area contributed by atoms with Crippen molar-refractivity contribution in [2.45, 2.75) is 32.8 Å². The van der Waals surface area contributed by atoms with Crippen molar-refractivity contribution < 1.29 is 19.0 Å². The number of carbonyl (C=O) groups is 1. The van der Waals surface area contributed by atoms with Crippen molar-refractivity contribution in [1.29, 1.82) is 0 Å². The van der Waals surface area contributed by atoms with Gasteiger partial charge in [-0.2, -0.15) is 0 Å². The van der Waals surface area contributed by atoms with Gasteiger partial charge in [-0.25, -0.2) is 0 Å². The molecule has 0 heterocycles. The zero-order valence-corrected chi connectivity index (χ0v) is 10.8. The topological polar surface area (TPSA) is 44.8 Å². The second kappa shape index (κ2) is 10.1. The van der Waals surface area contributed by atoms with E-state index in [1.807, 2.05) is 13.8 Å². The Labute approximate surface area is 92.9 Å². The van der Waals surface area contributed by atoms with Crippen molar-refractivity contribution in [2.24, 2.45) is 0 Å². The van der Waals surface area contributed by atoms with Crippen LogP contribution in [0.1, 0.15) is 27.2 Å². The molecule has 0 aromatic rings. The maximum atomic E-state index is 10.5. The number of ether oxygens (including phenoxy) is 3. The van der Waals surface area contributed by atoms with Gasteiger partial charge in [0.1, 0.15) is 5.78 Å². The van der Waals surface area contributed by atoms with Crippen molar-refractivity contribution in [2.75, 3.05) is 34.5 Å². The summed E-state index contributed by atoms with van der Waals surface area (Å²) >= 11 is 0. The van der Waals surface area contributed by atoms with Crippen molar-refractivity contribution in [3.8, 4) is 0 Å². The predicted molar refractivity (Wildman–Crippen MR) is 60.1 cm³/mol. The molecule has 0 amide bonds. The van der Waals surface area contributed by atoms with Crippen LogP contribution in [0, 0.1) is 0 Å². The number of Topliss-reactive ketones (excluding diaryl/α,β-unsaturated/α-hetero) is 1. The highest BCUT2D eigenvalue weighted by molar-refractivity contribution is 5.76. The fraction of sp³-hybridized carbons (Fsp3) is 0.909. The average Bonchev–Trinajstić information content (AvgIpc) is 2.14. The summed E-state index contributed by atoms with van der Waals surface area (Å²) in [6, 6.07) is 0. The summed E-state index contributed by atoms with van der Waals surface area (Å²) in [7, 11) is 4.92. The van der Waals surface area contributed by atoms with Gasteiger partial charge in [0.2, 0.25) is 0 Å². The Kier molecular flexibility index (Phi) is 11.4. The fourth-order valence-corrected chi connectivity index (χ4v) is 0.838. The standard InChI is InChI=1S/C7H14O2.C4H10O2/c1-6(8)5-7(2,3)9-4;1-5-3-4-6-2/h5H2,1-4H3;3-4H2,1-2H3. The third-order valence-electron chi connectivity index (χ3n) is 1.72. The molecule has 4 nitrogen and oxygen atoms in total. The zero-order valence-electron chi connectivity index (χ0n) is 10.8. The Bertz CT molecular complexity index is 151. The van der Waals surface area contributed by atoms with E-state index in [2.05, 4.69) is 9.47 Å².